The average Bonchev–Trinajstić information content (AvgIpc) is 3.25. The smallest absolute Gasteiger partial charge is 0.262 e. The Morgan fingerprint density at radius 1 is 1.11 bits per heavy atom. The lowest BCUT2D eigenvalue weighted by atomic mass is 10.0. The van der Waals surface area contributed by atoms with Crippen molar-refractivity contribution < 1.29 is 19.2 Å². The van der Waals surface area contributed by atoms with E-state index in [4.69, 9.17) is 0 Å². The number of piperidine rings is 1. The first-order chi connectivity index (χ1) is 13.0. The van der Waals surface area contributed by atoms with E-state index in [1.165, 1.54) is 0 Å². The number of hydrogen-bond acceptors (Lipinski definition) is 6. The molecule has 0 saturated carbocycles. The maximum Gasteiger partial charge on any atom is 0.262 e. The van der Waals surface area contributed by atoms with Crippen molar-refractivity contribution in [2.45, 2.75) is 37.9 Å². The van der Waals surface area contributed by atoms with E-state index in [9.17, 15) is 19.2 Å². The highest BCUT2D eigenvalue weighted by Crippen LogP contribution is 2.28. The zero-order valence-corrected chi connectivity index (χ0v) is 15.2. The molecule has 1 aromatic carbocycles. The van der Waals surface area contributed by atoms with Crippen LogP contribution in [0.15, 0.2) is 18.2 Å². The number of amides is 4. The molecule has 2 fully saturated rings. The predicted octanol–water partition coefficient (Wildman–Crippen LogP) is -0.118. The molecule has 1 aromatic rings. The molecule has 8 heteroatoms. The summed E-state index contributed by atoms with van der Waals surface area (Å²) in [5.41, 5.74) is 1.60. The van der Waals surface area contributed by atoms with Gasteiger partial charge in [-0.1, -0.05) is 6.07 Å². The van der Waals surface area contributed by atoms with E-state index in [1.54, 1.807) is 12.1 Å². The SMILES string of the molecule is CN(Cc1ccc2c(c1)C(=O)N(C1CCC(=O)NC1=O)C2=O)[C@@H]1CCNC1. The fraction of sp³-hybridized carbons (Fsp3) is 0.474. The summed E-state index contributed by atoms with van der Waals surface area (Å²) in [6.07, 6.45) is 1.37. The van der Waals surface area contributed by atoms with Gasteiger partial charge in [-0.15, -0.1) is 0 Å². The molecule has 4 amide bonds. The van der Waals surface area contributed by atoms with Gasteiger partial charge >= 0.3 is 0 Å². The lowest BCUT2D eigenvalue weighted by Crippen LogP contribution is -2.54. The van der Waals surface area contributed by atoms with Gasteiger partial charge in [0.1, 0.15) is 6.04 Å². The highest BCUT2D eigenvalue weighted by Gasteiger charge is 2.44. The van der Waals surface area contributed by atoms with Crippen molar-refractivity contribution in [2.24, 2.45) is 0 Å². The van der Waals surface area contributed by atoms with Crippen molar-refractivity contribution in [1.29, 1.82) is 0 Å². The summed E-state index contributed by atoms with van der Waals surface area (Å²) in [6.45, 7) is 2.63. The molecule has 3 aliphatic heterocycles. The number of likely N-dealkylation sites (N-methyl/N-ethyl adjacent to an activating group) is 1. The van der Waals surface area contributed by atoms with Crippen LogP contribution in [0.1, 0.15) is 45.5 Å². The first kappa shape index (κ1) is 17.8. The number of rotatable bonds is 4. The van der Waals surface area contributed by atoms with Gasteiger partial charge in [-0.2, -0.15) is 0 Å². The number of benzene rings is 1. The molecule has 0 spiro atoms. The van der Waals surface area contributed by atoms with Gasteiger partial charge < -0.3 is 5.32 Å². The third kappa shape index (κ3) is 3.15. The molecule has 8 nitrogen and oxygen atoms in total. The van der Waals surface area contributed by atoms with Crippen molar-refractivity contribution in [3.05, 3.63) is 34.9 Å². The van der Waals surface area contributed by atoms with Crippen LogP contribution in [0.4, 0.5) is 0 Å². The number of carbonyl (C=O) groups excluding carboxylic acids is 4. The number of hydrogen-bond donors (Lipinski definition) is 2. The summed E-state index contributed by atoms with van der Waals surface area (Å²) >= 11 is 0. The van der Waals surface area contributed by atoms with E-state index < -0.39 is 23.8 Å². The summed E-state index contributed by atoms with van der Waals surface area (Å²) in [7, 11) is 2.05. The van der Waals surface area contributed by atoms with Gasteiger partial charge in [0.05, 0.1) is 11.1 Å². The van der Waals surface area contributed by atoms with Crippen LogP contribution >= 0.6 is 0 Å². The third-order valence-corrected chi connectivity index (χ3v) is 5.59. The largest absolute Gasteiger partial charge is 0.315 e. The van der Waals surface area contributed by atoms with Crippen LogP contribution in [0.2, 0.25) is 0 Å². The van der Waals surface area contributed by atoms with E-state index in [2.05, 4.69) is 15.5 Å². The highest BCUT2D eigenvalue weighted by molar-refractivity contribution is 6.23. The topological polar surface area (TPSA) is 98.8 Å². The minimum Gasteiger partial charge on any atom is -0.315 e. The lowest BCUT2D eigenvalue weighted by Gasteiger charge is -2.27. The van der Waals surface area contributed by atoms with Gasteiger partial charge in [0.15, 0.2) is 0 Å². The minimum atomic E-state index is -0.925. The minimum absolute atomic E-state index is 0.120. The molecule has 3 heterocycles. The fourth-order valence-corrected chi connectivity index (χ4v) is 4.05. The number of nitrogens with zero attached hydrogens (tertiary/aromatic N) is 2. The molecule has 2 N–H and O–H groups in total. The number of nitrogens with one attached hydrogen (secondary N) is 2. The van der Waals surface area contributed by atoms with Crippen LogP contribution in [0.25, 0.3) is 0 Å². The summed E-state index contributed by atoms with van der Waals surface area (Å²) in [5.74, 6) is -1.89. The van der Waals surface area contributed by atoms with Gasteiger partial charge in [-0.05, 0) is 44.1 Å². The second kappa shape index (κ2) is 6.86. The predicted molar refractivity (Wildman–Crippen MR) is 95.9 cm³/mol. The van der Waals surface area contributed by atoms with Gasteiger partial charge in [-0.3, -0.25) is 34.3 Å². The molecule has 0 bridgehead atoms. The van der Waals surface area contributed by atoms with Crippen LogP contribution in [-0.4, -0.2) is 65.6 Å². The molecule has 0 aromatic heterocycles. The zero-order valence-electron chi connectivity index (χ0n) is 15.2. The Bertz CT molecular complexity index is 831. The summed E-state index contributed by atoms with van der Waals surface area (Å²) < 4.78 is 0. The molecule has 2 saturated heterocycles. The molecule has 4 rings (SSSR count). The maximum absolute atomic E-state index is 12.8. The summed E-state index contributed by atoms with van der Waals surface area (Å²) in [5, 5.41) is 5.54. The van der Waals surface area contributed by atoms with Crippen LogP contribution in [-0.2, 0) is 16.1 Å². The molecular formula is C19H22N4O4. The van der Waals surface area contributed by atoms with E-state index in [1.807, 2.05) is 13.1 Å². The molecular weight excluding hydrogens is 348 g/mol. The monoisotopic (exact) mass is 370 g/mol. The Morgan fingerprint density at radius 3 is 2.59 bits per heavy atom. The lowest BCUT2D eigenvalue weighted by molar-refractivity contribution is -0.136. The molecule has 0 aliphatic carbocycles. The molecule has 0 radical (unpaired) electrons. The zero-order chi connectivity index (χ0) is 19.1. The van der Waals surface area contributed by atoms with E-state index >= 15 is 0 Å². The first-order valence-electron chi connectivity index (χ1n) is 9.21. The summed E-state index contributed by atoms with van der Waals surface area (Å²) in [6, 6.07) is 4.80. The normalized spacial score (nSPS) is 25.3. The van der Waals surface area contributed by atoms with E-state index in [-0.39, 0.29) is 18.7 Å². The Balaban J connectivity index is 1.54. The molecule has 2 atom stereocenters. The average molecular weight is 370 g/mol. The Labute approximate surface area is 156 Å². The van der Waals surface area contributed by atoms with Crippen molar-refractivity contribution >= 4 is 23.6 Å². The van der Waals surface area contributed by atoms with Crippen molar-refractivity contribution in [3.8, 4) is 0 Å². The quantitative estimate of drug-likeness (QED) is 0.717. The highest BCUT2D eigenvalue weighted by atomic mass is 16.2. The van der Waals surface area contributed by atoms with Crippen LogP contribution in [0, 0.1) is 0 Å². The summed E-state index contributed by atoms with van der Waals surface area (Å²) in [4.78, 5) is 52.2. The second-order valence-electron chi connectivity index (χ2n) is 7.39. The van der Waals surface area contributed by atoms with Gasteiger partial charge in [0.25, 0.3) is 11.8 Å². The first-order valence-corrected chi connectivity index (χ1v) is 9.21. The van der Waals surface area contributed by atoms with E-state index in [0.717, 1.165) is 30.0 Å². The molecule has 27 heavy (non-hydrogen) atoms. The van der Waals surface area contributed by atoms with Crippen molar-refractivity contribution in [2.75, 3.05) is 20.1 Å². The van der Waals surface area contributed by atoms with Gasteiger partial charge in [-0.25, -0.2) is 0 Å². The molecule has 3 aliphatic rings. The third-order valence-electron chi connectivity index (χ3n) is 5.59. The Hall–Kier alpha value is -2.58. The molecule has 142 valence electrons. The second-order valence-corrected chi connectivity index (χ2v) is 7.39. The number of imide groups is 2. The van der Waals surface area contributed by atoms with Crippen LogP contribution in [0.3, 0.4) is 0 Å². The van der Waals surface area contributed by atoms with Crippen molar-refractivity contribution in [3.63, 3.8) is 0 Å². The van der Waals surface area contributed by atoms with Gasteiger partial charge in [0, 0.05) is 25.6 Å². The number of carbonyl (C=O) groups is 4. The van der Waals surface area contributed by atoms with Gasteiger partial charge in [0.2, 0.25) is 11.8 Å². The Kier molecular flexibility index (Phi) is 4.53. The fourth-order valence-electron chi connectivity index (χ4n) is 4.05. The Morgan fingerprint density at radius 2 is 1.89 bits per heavy atom. The maximum atomic E-state index is 12.8. The van der Waals surface area contributed by atoms with Crippen LogP contribution < -0.4 is 10.6 Å². The van der Waals surface area contributed by atoms with E-state index in [0.29, 0.717) is 23.7 Å². The number of fused-ring (bicyclic) bond motifs is 1. The standard InChI is InChI=1S/C19H22N4O4/c1-22(12-6-7-20-9-12)10-11-2-3-13-14(8-11)19(27)23(18(13)26)15-4-5-16(24)21-17(15)25/h2-3,8,12,15,20H,4-7,9-10H2,1H3,(H,21,24,25)/t12-,15?/m1/s1. The van der Waals surface area contributed by atoms with Crippen LogP contribution in [0.5, 0.6) is 0 Å². The van der Waals surface area contributed by atoms with Crippen molar-refractivity contribution in [1.82, 2.24) is 20.4 Å². The molecule has 1 unspecified atom stereocenters.